The van der Waals surface area contributed by atoms with Gasteiger partial charge in [-0.3, -0.25) is 14.4 Å². The largest absolute Gasteiger partial charge is 0.452 e. The van der Waals surface area contributed by atoms with Crippen LogP contribution in [0.5, 0.6) is 0 Å². The van der Waals surface area contributed by atoms with E-state index in [9.17, 15) is 19.2 Å². The molecular weight excluding hydrogens is 434 g/mol. The second kappa shape index (κ2) is 11.0. The number of amides is 3. The number of nitrogens with zero attached hydrogens (tertiary/aromatic N) is 1. The molecule has 0 unspecified atom stereocenters. The van der Waals surface area contributed by atoms with E-state index in [2.05, 4.69) is 10.6 Å². The Hall–Kier alpha value is -3.68. The maximum atomic E-state index is 12.7. The van der Waals surface area contributed by atoms with Gasteiger partial charge in [0.15, 0.2) is 6.61 Å². The van der Waals surface area contributed by atoms with Crippen molar-refractivity contribution in [2.75, 3.05) is 18.5 Å². The lowest BCUT2D eigenvalue weighted by molar-refractivity contribution is -0.128. The topological polar surface area (TPSA) is 105 Å². The first-order valence-electron chi connectivity index (χ1n) is 11.7. The van der Waals surface area contributed by atoms with E-state index in [1.54, 1.807) is 47.4 Å². The highest BCUT2D eigenvalue weighted by Gasteiger charge is 2.22. The maximum Gasteiger partial charge on any atom is 0.338 e. The van der Waals surface area contributed by atoms with Crippen LogP contribution in [0.3, 0.4) is 0 Å². The highest BCUT2D eigenvalue weighted by molar-refractivity contribution is 6.04. The molecule has 34 heavy (non-hydrogen) atoms. The van der Waals surface area contributed by atoms with Gasteiger partial charge in [0.2, 0.25) is 5.91 Å². The summed E-state index contributed by atoms with van der Waals surface area (Å²) in [7, 11) is 0. The predicted octanol–water partition coefficient (Wildman–Crippen LogP) is 3.28. The van der Waals surface area contributed by atoms with E-state index in [1.807, 2.05) is 6.07 Å². The van der Waals surface area contributed by atoms with Gasteiger partial charge < -0.3 is 20.3 Å². The second-order valence-corrected chi connectivity index (χ2v) is 8.74. The Kier molecular flexibility index (Phi) is 7.57. The molecule has 8 nitrogen and oxygen atoms in total. The van der Waals surface area contributed by atoms with Crippen molar-refractivity contribution in [1.29, 1.82) is 0 Å². The van der Waals surface area contributed by atoms with Crippen LogP contribution in [-0.4, -0.2) is 47.8 Å². The van der Waals surface area contributed by atoms with Crippen LogP contribution in [0.15, 0.2) is 48.5 Å². The van der Waals surface area contributed by atoms with Crippen LogP contribution in [0.1, 0.15) is 64.8 Å². The number of carbonyl (C=O) groups is 4. The fraction of sp³-hybridized carbons (Fsp3) is 0.385. The Morgan fingerprint density at radius 2 is 1.79 bits per heavy atom. The molecule has 0 aromatic heterocycles. The van der Waals surface area contributed by atoms with Crippen molar-refractivity contribution in [1.82, 2.24) is 10.2 Å². The zero-order chi connectivity index (χ0) is 23.9. The smallest absolute Gasteiger partial charge is 0.338 e. The summed E-state index contributed by atoms with van der Waals surface area (Å²) in [5.74, 6) is -1.28. The van der Waals surface area contributed by atoms with Crippen molar-refractivity contribution in [3.63, 3.8) is 0 Å². The number of rotatable bonds is 8. The van der Waals surface area contributed by atoms with Crippen molar-refractivity contribution in [3.05, 3.63) is 65.2 Å². The van der Waals surface area contributed by atoms with Gasteiger partial charge in [-0.05, 0) is 49.1 Å². The number of benzene rings is 2. The van der Waals surface area contributed by atoms with Crippen LogP contribution in [-0.2, 0) is 20.9 Å². The van der Waals surface area contributed by atoms with E-state index in [4.69, 9.17) is 4.74 Å². The van der Waals surface area contributed by atoms with Crippen LogP contribution in [0.2, 0.25) is 0 Å². The van der Waals surface area contributed by atoms with Crippen molar-refractivity contribution in [3.8, 4) is 0 Å². The number of anilines is 1. The molecule has 2 N–H and O–H groups in total. The number of nitrogens with one attached hydrogen (secondary N) is 2. The van der Waals surface area contributed by atoms with Crippen LogP contribution in [0.4, 0.5) is 5.69 Å². The van der Waals surface area contributed by atoms with Crippen molar-refractivity contribution >= 4 is 29.4 Å². The van der Waals surface area contributed by atoms with Gasteiger partial charge in [0.25, 0.3) is 11.8 Å². The molecule has 0 bridgehead atoms. The van der Waals surface area contributed by atoms with Crippen LogP contribution in [0, 0.1) is 0 Å². The van der Waals surface area contributed by atoms with E-state index in [0.717, 1.165) is 37.7 Å². The van der Waals surface area contributed by atoms with E-state index < -0.39 is 18.5 Å². The van der Waals surface area contributed by atoms with Gasteiger partial charge in [0, 0.05) is 25.6 Å². The molecule has 3 amide bonds. The van der Waals surface area contributed by atoms with Crippen LogP contribution >= 0.6 is 0 Å². The van der Waals surface area contributed by atoms with Gasteiger partial charge in [-0.2, -0.15) is 0 Å². The van der Waals surface area contributed by atoms with Gasteiger partial charge >= 0.3 is 5.97 Å². The molecule has 1 heterocycles. The highest BCUT2D eigenvalue weighted by atomic mass is 16.5. The normalized spacial score (nSPS) is 15.9. The zero-order valence-electron chi connectivity index (χ0n) is 19.0. The summed E-state index contributed by atoms with van der Waals surface area (Å²) >= 11 is 0. The summed E-state index contributed by atoms with van der Waals surface area (Å²) in [5.41, 5.74) is 1.89. The lowest BCUT2D eigenvalue weighted by Crippen LogP contribution is -2.33. The van der Waals surface area contributed by atoms with E-state index in [1.165, 1.54) is 0 Å². The number of hydrogen-bond acceptors (Lipinski definition) is 5. The Morgan fingerprint density at radius 3 is 2.56 bits per heavy atom. The molecule has 0 radical (unpaired) electrons. The number of hydrogen-bond donors (Lipinski definition) is 2. The number of para-hydroxylation sites is 1. The lowest BCUT2D eigenvalue weighted by atomic mass is 10.1. The van der Waals surface area contributed by atoms with E-state index in [0.29, 0.717) is 36.3 Å². The first-order chi connectivity index (χ1) is 16.5. The molecule has 2 aliphatic rings. The minimum absolute atomic E-state index is 0.113. The monoisotopic (exact) mass is 463 g/mol. The molecule has 0 spiro atoms. The third-order valence-electron chi connectivity index (χ3n) is 6.18. The third-order valence-corrected chi connectivity index (χ3v) is 6.18. The number of likely N-dealkylation sites (tertiary alicyclic amines) is 1. The molecule has 2 aromatic carbocycles. The fourth-order valence-electron chi connectivity index (χ4n) is 4.41. The Morgan fingerprint density at radius 1 is 1.00 bits per heavy atom. The molecule has 8 heteroatoms. The third kappa shape index (κ3) is 6.01. The fourth-order valence-corrected chi connectivity index (χ4v) is 4.41. The molecular formula is C26H29N3O5. The summed E-state index contributed by atoms with van der Waals surface area (Å²) in [4.78, 5) is 51.2. The van der Waals surface area contributed by atoms with Gasteiger partial charge in [-0.25, -0.2) is 4.79 Å². The molecule has 1 saturated heterocycles. The Labute approximate surface area is 198 Å². The molecule has 1 aliphatic heterocycles. The summed E-state index contributed by atoms with van der Waals surface area (Å²) in [6, 6.07) is 13.8. The van der Waals surface area contributed by atoms with Crippen molar-refractivity contribution in [2.45, 2.75) is 51.1 Å². The van der Waals surface area contributed by atoms with Gasteiger partial charge in [-0.1, -0.05) is 37.1 Å². The van der Waals surface area contributed by atoms with E-state index >= 15 is 0 Å². The van der Waals surface area contributed by atoms with Gasteiger partial charge in [-0.15, -0.1) is 0 Å². The summed E-state index contributed by atoms with van der Waals surface area (Å²) in [5, 5.41) is 5.68. The Bertz CT molecular complexity index is 1080. The first-order valence-corrected chi connectivity index (χ1v) is 11.7. The maximum absolute atomic E-state index is 12.7. The molecule has 0 atom stereocenters. The summed E-state index contributed by atoms with van der Waals surface area (Å²) < 4.78 is 5.18. The minimum Gasteiger partial charge on any atom is -0.452 e. The molecule has 178 valence electrons. The highest BCUT2D eigenvalue weighted by Crippen LogP contribution is 2.20. The number of ether oxygens (including phenoxy) is 1. The zero-order valence-corrected chi connectivity index (χ0v) is 19.0. The van der Waals surface area contributed by atoms with Crippen molar-refractivity contribution in [2.24, 2.45) is 0 Å². The molecule has 1 aliphatic carbocycles. The number of carbonyl (C=O) groups excluding carboxylic acids is 4. The first kappa shape index (κ1) is 23.5. The van der Waals surface area contributed by atoms with Crippen LogP contribution in [0.25, 0.3) is 0 Å². The molecule has 1 saturated carbocycles. The molecule has 2 fully saturated rings. The standard InChI is InChI=1S/C26H29N3O5/c30-23(28-22-12-4-3-11-21(22)25(32)27-20-9-1-2-10-20)17-34-26(33)19-8-5-7-18(15-19)16-29-14-6-13-24(29)31/h3-5,7-8,11-12,15,20H,1-2,6,9-10,13-14,16-17H2,(H,27,32)(H,28,30). The second-order valence-electron chi connectivity index (χ2n) is 8.74. The summed E-state index contributed by atoms with van der Waals surface area (Å²) in [6.45, 7) is 0.681. The molecule has 2 aromatic rings. The summed E-state index contributed by atoms with van der Waals surface area (Å²) in [6.07, 6.45) is 5.54. The van der Waals surface area contributed by atoms with Crippen LogP contribution < -0.4 is 10.6 Å². The molecule has 4 rings (SSSR count). The quantitative estimate of drug-likeness (QED) is 0.585. The minimum atomic E-state index is -0.628. The average molecular weight is 464 g/mol. The van der Waals surface area contributed by atoms with Gasteiger partial charge in [0.05, 0.1) is 16.8 Å². The lowest BCUT2D eigenvalue weighted by Gasteiger charge is -2.16. The van der Waals surface area contributed by atoms with E-state index in [-0.39, 0.29) is 17.9 Å². The Balaban J connectivity index is 1.31. The number of esters is 1. The van der Waals surface area contributed by atoms with Gasteiger partial charge in [0.1, 0.15) is 0 Å². The predicted molar refractivity (Wildman–Crippen MR) is 126 cm³/mol. The average Bonchev–Trinajstić information content (AvgIpc) is 3.50. The SMILES string of the molecule is O=C(COC(=O)c1cccc(CN2CCCC2=O)c1)Nc1ccccc1C(=O)NC1CCCC1. The van der Waals surface area contributed by atoms with Crippen molar-refractivity contribution < 1.29 is 23.9 Å².